The van der Waals surface area contributed by atoms with E-state index in [1.165, 1.54) is 36.4 Å². The number of aromatic nitrogens is 2. The summed E-state index contributed by atoms with van der Waals surface area (Å²) in [6.45, 7) is 1.72. The van der Waals surface area contributed by atoms with E-state index in [4.69, 9.17) is 4.42 Å². The summed E-state index contributed by atoms with van der Waals surface area (Å²) in [6.07, 6.45) is 0. The molecule has 3 aromatic rings. The van der Waals surface area contributed by atoms with Crippen LogP contribution in [-0.2, 0) is 4.79 Å². The zero-order chi connectivity index (χ0) is 21.0. The van der Waals surface area contributed by atoms with Gasteiger partial charge in [0.25, 0.3) is 16.6 Å². The summed E-state index contributed by atoms with van der Waals surface area (Å²) in [5.41, 5.74) is 1.36. The van der Waals surface area contributed by atoms with Crippen LogP contribution in [0.1, 0.15) is 5.56 Å². The highest BCUT2D eigenvalue weighted by Gasteiger charge is 2.15. The topological polar surface area (TPSA) is 154 Å². The van der Waals surface area contributed by atoms with Crippen molar-refractivity contribution in [2.75, 3.05) is 11.1 Å². The third-order valence-corrected chi connectivity index (χ3v) is 4.58. The van der Waals surface area contributed by atoms with Gasteiger partial charge in [0.1, 0.15) is 0 Å². The number of nitro groups is 2. The molecule has 0 aliphatic carbocycles. The fourth-order valence-corrected chi connectivity index (χ4v) is 2.85. The largest absolute Gasteiger partial charge is 0.411 e. The van der Waals surface area contributed by atoms with Crippen LogP contribution in [0, 0.1) is 27.2 Å². The van der Waals surface area contributed by atoms with Gasteiger partial charge < -0.3 is 9.73 Å². The molecular weight excluding hydrogens is 402 g/mol. The van der Waals surface area contributed by atoms with E-state index < -0.39 is 15.8 Å². The maximum Gasteiger partial charge on any atom is 0.277 e. The minimum Gasteiger partial charge on any atom is -0.411 e. The van der Waals surface area contributed by atoms with Crippen molar-refractivity contribution in [3.8, 4) is 11.5 Å². The Morgan fingerprint density at radius 3 is 2.38 bits per heavy atom. The van der Waals surface area contributed by atoms with E-state index >= 15 is 0 Å². The average Bonchev–Trinajstić information content (AvgIpc) is 3.17. The van der Waals surface area contributed by atoms with E-state index in [2.05, 4.69) is 15.5 Å². The molecule has 12 heteroatoms. The number of thioether (sulfide) groups is 1. The van der Waals surface area contributed by atoms with Gasteiger partial charge in [0.15, 0.2) is 0 Å². The SMILES string of the molecule is Cc1ccc([N+](=O)[O-])cc1NC(=O)CSc1nnc(-c2ccc([N+](=O)[O-])cc2)o1. The predicted octanol–water partition coefficient (Wildman–Crippen LogP) is 3.59. The molecule has 0 saturated carbocycles. The van der Waals surface area contributed by atoms with Gasteiger partial charge in [-0.2, -0.15) is 0 Å². The second-order valence-electron chi connectivity index (χ2n) is 5.77. The summed E-state index contributed by atoms with van der Waals surface area (Å²) in [6, 6.07) is 9.81. The second kappa shape index (κ2) is 8.48. The highest BCUT2D eigenvalue weighted by molar-refractivity contribution is 7.99. The van der Waals surface area contributed by atoms with Crippen molar-refractivity contribution in [2.45, 2.75) is 12.1 Å². The molecule has 3 rings (SSSR count). The van der Waals surface area contributed by atoms with Crippen molar-refractivity contribution in [1.29, 1.82) is 0 Å². The first-order chi connectivity index (χ1) is 13.8. The summed E-state index contributed by atoms with van der Waals surface area (Å²) in [5.74, 6) is -0.282. The van der Waals surface area contributed by atoms with Crippen molar-refractivity contribution >= 4 is 34.7 Å². The number of nitrogens with zero attached hydrogens (tertiary/aromatic N) is 4. The summed E-state index contributed by atoms with van der Waals surface area (Å²) < 4.78 is 5.45. The van der Waals surface area contributed by atoms with Gasteiger partial charge in [-0.1, -0.05) is 17.8 Å². The van der Waals surface area contributed by atoms with Gasteiger partial charge in [-0.3, -0.25) is 25.0 Å². The Balaban J connectivity index is 1.61. The summed E-state index contributed by atoms with van der Waals surface area (Å²) in [7, 11) is 0. The number of nitrogens with one attached hydrogen (secondary N) is 1. The molecule has 0 radical (unpaired) electrons. The van der Waals surface area contributed by atoms with E-state index in [1.807, 2.05) is 0 Å². The second-order valence-corrected chi connectivity index (χ2v) is 6.70. The number of non-ortho nitro benzene ring substituents is 2. The molecule has 0 aliphatic heterocycles. The predicted molar refractivity (Wildman–Crippen MR) is 104 cm³/mol. The van der Waals surface area contributed by atoms with Crippen LogP contribution in [0.25, 0.3) is 11.5 Å². The van der Waals surface area contributed by atoms with Crippen molar-refractivity contribution in [3.63, 3.8) is 0 Å². The lowest BCUT2D eigenvalue weighted by molar-refractivity contribution is -0.385. The van der Waals surface area contributed by atoms with Crippen molar-refractivity contribution in [3.05, 3.63) is 68.3 Å². The van der Waals surface area contributed by atoms with Crippen LogP contribution in [0.2, 0.25) is 0 Å². The number of anilines is 1. The Kier molecular flexibility index (Phi) is 5.83. The number of amides is 1. The standard InChI is InChI=1S/C17H13N5O6S/c1-10-2-5-13(22(26)27)8-14(10)18-15(23)9-29-17-20-19-16(28-17)11-3-6-12(7-4-11)21(24)25/h2-8H,9H2,1H3,(H,18,23). The van der Waals surface area contributed by atoms with E-state index in [1.54, 1.807) is 13.0 Å². The molecule has 0 unspecified atom stereocenters. The maximum atomic E-state index is 12.1. The Labute approximate surface area is 167 Å². The number of nitro benzene ring substituents is 2. The molecule has 0 saturated heterocycles. The van der Waals surface area contributed by atoms with E-state index in [9.17, 15) is 25.0 Å². The smallest absolute Gasteiger partial charge is 0.277 e. The Hall–Kier alpha value is -3.80. The molecule has 1 aromatic heterocycles. The van der Waals surface area contributed by atoms with Crippen LogP contribution >= 0.6 is 11.8 Å². The van der Waals surface area contributed by atoms with Crippen LogP contribution in [0.4, 0.5) is 17.1 Å². The molecule has 148 valence electrons. The van der Waals surface area contributed by atoms with Gasteiger partial charge in [-0.05, 0) is 24.6 Å². The Morgan fingerprint density at radius 1 is 1.07 bits per heavy atom. The zero-order valence-corrected chi connectivity index (χ0v) is 15.7. The lowest BCUT2D eigenvalue weighted by atomic mass is 10.2. The molecular formula is C17H13N5O6S. The number of hydrogen-bond donors (Lipinski definition) is 1. The molecule has 0 aliphatic rings. The van der Waals surface area contributed by atoms with Gasteiger partial charge in [-0.25, -0.2) is 0 Å². The van der Waals surface area contributed by atoms with Crippen molar-refractivity contribution in [2.24, 2.45) is 0 Å². The maximum absolute atomic E-state index is 12.1. The minimum atomic E-state index is -0.540. The monoisotopic (exact) mass is 415 g/mol. The van der Waals surface area contributed by atoms with E-state index in [0.717, 1.165) is 11.8 Å². The van der Waals surface area contributed by atoms with Gasteiger partial charge in [0.05, 0.1) is 21.3 Å². The lowest BCUT2D eigenvalue weighted by Crippen LogP contribution is -2.15. The number of carbonyl (C=O) groups excluding carboxylic acids is 1. The van der Waals surface area contributed by atoms with Gasteiger partial charge in [0.2, 0.25) is 11.8 Å². The Bertz CT molecular complexity index is 1080. The number of hydrogen-bond acceptors (Lipinski definition) is 9. The number of rotatable bonds is 7. The van der Waals surface area contributed by atoms with Gasteiger partial charge in [-0.15, -0.1) is 10.2 Å². The van der Waals surface area contributed by atoms with Crippen LogP contribution < -0.4 is 5.32 Å². The summed E-state index contributed by atoms with van der Waals surface area (Å²) in [5, 5.41) is 32.0. The third-order valence-electron chi connectivity index (χ3n) is 3.76. The first-order valence-electron chi connectivity index (χ1n) is 8.09. The molecule has 1 amide bonds. The molecule has 11 nitrogen and oxygen atoms in total. The van der Waals surface area contributed by atoms with Crippen LogP contribution in [-0.4, -0.2) is 31.7 Å². The highest BCUT2D eigenvalue weighted by Crippen LogP contribution is 2.26. The fraction of sp³-hybridized carbons (Fsp3) is 0.118. The van der Waals surface area contributed by atoms with E-state index in [0.29, 0.717) is 16.8 Å². The summed E-state index contributed by atoms with van der Waals surface area (Å²) in [4.78, 5) is 32.6. The minimum absolute atomic E-state index is 0.0516. The molecule has 1 heterocycles. The molecule has 0 fully saturated rings. The third kappa shape index (κ3) is 4.93. The first kappa shape index (κ1) is 19.9. The lowest BCUT2D eigenvalue weighted by Gasteiger charge is -2.07. The number of carbonyl (C=O) groups is 1. The van der Waals surface area contributed by atoms with Crippen LogP contribution in [0.5, 0.6) is 0 Å². The zero-order valence-electron chi connectivity index (χ0n) is 14.9. The van der Waals surface area contributed by atoms with Crippen LogP contribution in [0.3, 0.4) is 0 Å². The van der Waals surface area contributed by atoms with E-state index in [-0.39, 0.29) is 28.2 Å². The fourth-order valence-electron chi connectivity index (χ4n) is 2.28. The normalized spacial score (nSPS) is 10.5. The number of aryl methyl sites for hydroxylation is 1. The quantitative estimate of drug-likeness (QED) is 0.346. The number of benzene rings is 2. The molecule has 2 aromatic carbocycles. The highest BCUT2D eigenvalue weighted by atomic mass is 32.2. The van der Waals surface area contributed by atoms with Crippen LogP contribution in [0.15, 0.2) is 52.1 Å². The summed E-state index contributed by atoms with van der Waals surface area (Å²) >= 11 is 0.993. The Morgan fingerprint density at radius 2 is 1.72 bits per heavy atom. The molecule has 1 N–H and O–H groups in total. The van der Waals surface area contributed by atoms with Crippen molar-refractivity contribution < 1.29 is 19.1 Å². The molecule has 29 heavy (non-hydrogen) atoms. The van der Waals surface area contributed by atoms with Gasteiger partial charge >= 0.3 is 0 Å². The van der Waals surface area contributed by atoms with Crippen molar-refractivity contribution in [1.82, 2.24) is 10.2 Å². The van der Waals surface area contributed by atoms with Gasteiger partial charge in [0, 0.05) is 29.8 Å². The molecule has 0 spiro atoms. The molecule has 0 bridgehead atoms. The molecule has 0 atom stereocenters. The average molecular weight is 415 g/mol. The first-order valence-corrected chi connectivity index (χ1v) is 9.08.